The minimum Gasteiger partial charge on any atom is -0.379 e. The Kier molecular flexibility index (Phi) is 4.92. The van der Waals surface area contributed by atoms with E-state index in [9.17, 15) is 5.26 Å². The van der Waals surface area contributed by atoms with Crippen molar-refractivity contribution in [3.63, 3.8) is 0 Å². The average molecular weight is 276 g/mol. The molecule has 0 saturated heterocycles. The second-order valence-electron chi connectivity index (χ2n) is 6.74. The van der Waals surface area contributed by atoms with Crippen LogP contribution in [0.25, 0.3) is 0 Å². The molecule has 0 fully saturated rings. The Morgan fingerprint density at radius 3 is 2.32 bits per heavy atom. The molecule has 2 nitrogen and oxygen atoms in total. The molecule has 104 valence electrons. The van der Waals surface area contributed by atoms with Crippen molar-refractivity contribution in [1.82, 2.24) is 0 Å². The summed E-state index contributed by atoms with van der Waals surface area (Å²) in [6, 6.07) is 8.30. The Bertz CT molecular complexity index is 479. The summed E-state index contributed by atoms with van der Waals surface area (Å²) in [5, 5.41) is 12.9. The van der Waals surface area contributed by atoms with Gasteiger partial charge in [-0.25, -0.2) is 0 Å². The number of nitrogens with zero attached hydrogens (tertiary/aromatic N) is 1. The Labute approximate surface area is 121 Å². The van der Waals surface area contributed by atoms with Crippen LogP contribution in [0.4, 0.5) is 5.69 Å². The van der Waals surface area contributed by atoms with Crippen LogP contribution in [0.1, 0.15) is 46.6 Å². The monoisotopic (exact) mass is 276 g/mol. The number of hydrogen-bond donors (Lipinski definition) is 1. The molecule has 0 aliphatic heterocycles. The zero-order chi connectivity index (χ0) is 14.7. The van der Waals surface area contributed by atoms with E-state index in [2.05, 4.69) is 46.0 Å². The molecule has 0 bridgehead atoms. The Hall–Kier alpha value is -1.14. The molecule has 0 saturated carbocycles. The lowest BCUT2D eigenvalue weighted by atomic mass is 9.81. The minimum absolute atomic E-state index is 0.0408. The molecule has 0 aliphatic rings. The number of nitrogens with one attached hydrogen (secondary N) is 1. The van der Waals surface area contributed by atoms with Gasteiger partial charge in [0.15, 0.2) is 0 Å². The van der Waals surface area contributed by atoms with Gasteiger partial charge < -0.3 is 5.32 Å². The number of thioether (sulfide) groups is 1. The molecular formula is C16H24N2S. The van der Waals surface area contributed by atoms with Gasteiger partial charge in [-0.3, -0.25) is 0 Å². The second-order valence-corrected chi connectivity index (χ2v) is 7.59. The van der Waals surface area contributed by atoms with E-state index >= 15 is 0 Å². The molecule has 3 heteroatoms. The molecule has 0 aliphatic carbocycles. The second kappa shape index (κ2) is 5.88. The first-order valence-corrected chi connectivity index (χ1v) is 7.76. The molecule has 1 aromatic rings. The summed E-state index contributed by atoms with van der Waals surface area (Å²) in [6.07, 6.45) is 3.04. The predicted molar refractivity (Wildman–Crippen MR) is 84.7 cm³/mol. The first-order chi connectivity index (χ1) is 8.68. The van der Waals surface area contributed by atoms with E-state index in [-0.39, 0.29) is 11.0 Å². The van der Waals surface area contributed by atoms with Gasteiger partial charge in [0.1, 0.15) is 6.07 Å². The molecule has 0 heterocycles. The van der Waals surface area contributed by atoms with Crippen LogP contribution >= 0.6 is 11.8 Å². The lowest BCUT2D eigenvalue weighted by Crippen LogP contribution is -2.35. The van der Waals surface area contributed by atoms with Crippen LogP contribution in [-0.4, -0.2) is 11.8 Å². The third kappa shape index (κ3) is 4.80. The molecule has 0 spiro atoms. The fourth-order valence-corrected chi connectivity index (χ4v) is 3.23. The van der Waals surface area contributed by atoms with Crippen molar-refractivity contribution >= 4 is 17.4 Å². The van der Waals surface area contributed by atoms with Crippen molar-refractivity contribution in [1.29, 1.82) is 5.26 Å². The molecule has 0 radical (unpaired) electrons. The normalized spacial score (nSPS) is 12.1. The quantitative estimate of drug-likeness (QED) is 0.794. The zero-order valence-electron chi connectivity index (χ0n) is 12.8. The van der Waals surface area contributed by atoms with Crippen LogP contribution in [-0.2, 0) is 0 Å². The third-order valence-electron chi connectivity index (χ3n) is 2.80. The van der Waals surface area contributed by atoms with Gasteiger partial charge in [0, 0.05) is 10.4 Å². The Balaban J connectivity index is 3.03. The number of rotatable bonds is 4. The number of nitriles is 1. The van der Waals surface area contributed by atoms with Crippen LogP contribution in [0, 0.1) is 16.7 Å². The highest BCUT2D eigenvalue weighted by Crippen LogP contribution is 2.33. The molecule has 0 unspecified atom stereocenters. The lowest BCUT2D eigenvalue weighted by molar-refractivity contribution is 0.302. The molecule has 0 atom stereocenters. The molecular weight excluding hydrogens is 252 g/mol. The van der Waals surface area contributed by atoms with Gasteiger partial charge in [0.2, 0.25) is 0 Å². The molecule has 19 heavy (non-hydrogen) atoms. The van der Waals surface area contributed by atoms with Gasteiger partial charge in [0.05, 0.1) is 11.3 Å². The van der Waals surface area contributed by atoms with Gasteiger partial charge in [-0.1, -0.05) is 26.8 Å². The van der Waals surface area contributed by atoms with E-state index in [1.807, 2.05) is 24.5 Å². The lowest BCUT2D eigenvalue weighted by Gasteiger charge is -2.34. The summed E-state index contributed by atoms with van der Waals surface area (Å²) in [5.41, 5.74) is 1.89. The van der Waals surface area contributed by atoms with Crippen molar-refractivity contribution in [2.75, 3.05) is 11.6 Å². The van der Waals surface area contributed by atoms with Crippen LogP contribution in [0.3, 0.4) is 0 Å². The number of benzene rings is 1. The van der Waals surface area contributed by atoms with Crippen LogP contribution in [0.15, 0.2) is 23.1 Å². The highest BCUT2D eigenvalue weighted by Gasteiger charge is 2.26. The van der Waals surface area contributed by atoms with E-state index in [0.29, 0.717) is 0 Å². The van der Waals surface area contributed by atoms with E-state index in [0.717, 1.165) is 22.6 Å². The highest BCUT2D eigenvalue weighted by molar-refractivity contribution is 7.98. The largest absolute Gasteiger partial charge is 0.379 e. The zero-order valence-corrected chi connectivity index (χ0v) is 13.6. The third-order valence-corrected chi connectivity index (χ3v) is 3.58. The van der Waals surface area contributed by atoms with Crippen molar-refractivity contribution in [2.24, 2.45) is 5.41 Å². The van der Waals surface area contributed by atoms with Gasteiger partial charge in [-0.2, -0.15) is 5.26 Å². The first-order valence-electron chi connectivity index (χ1n) is 6.54. The summed E-state index contributed by atoms with van der Waals surface area (Å²) in [4.78, 5) is 1.03. The van der Waals surface area contributed by atoms with E-state index in [1.54, 1.807) is 11.8 Å². The maximum atomic E-state index is 9.36. The van der Waals surface area contributed by atoms with Crippen molar-refractivity contribution in [3.05, 3.63) is 23.8 Å². The Morgan fingerprint density at radius 1 is 1.21 bits per heavy atom. The maximum Gasteiger partial charge on any atom is 0.102 e. The smallest absolute Gasteiger partial charge is 0.102 e. The van der Waals surface area contributed by atoms with Crippen molar-refractivity contribution in [3.8, 4) is 6.07 Å². The fourth-order valence-electron chi connectivity index (χ4n) is 2.66. The summed E-state index contributed by atoms with van der Waals surface area (Å²) in [6.45, 7) is 11.1. The molecule has 1 N–H and O–H groups in total. The van der Waals surface area contributed by atoms with Gasteiger partial charge in [-0.05, 0) is 44.1 Å². The number of anilines is 1. The van der Waals surface area contributed by atoms with Crippen LogP contribution in [0.2, 0.25) is 0 Å². The van der Waals surface area contributed by atoms with Gasteiger partial charge in [-0.15, -0.1) is 11.8 Å². The standard InChI is InChI=1S/C16H24N2S/c1-15(2,3)11-16(4,5)18-13-8-7-9-14(19-6)12(13)10-17/h7-9,18H,11H2,1-6H3. The summed E-state index contributed by atoms with van der Waals surface area (Å²) < 4.78 is 0. The highest BCUT2D eigenvalue weighted by atomic mass is 32.2. The van der Waals surface area contributed by atoms with E-state index < -0.39 is 0 Å². The Morgan fingerprint density at radius 2 is 1.84 bits per heavy atom. The predicted octanol–water partition coefficient (Wildman–Crippen LogP) is 4.91. The van der Waals surface area contributed by atoms with Crippen molar-refractivity contribution < 1.29 is 0 Å². The van der Waals surface area contributed by atoms with Gasteiger partial charge >= 0.3 is 0 Å². The molecule has 1 aromatic carbocycles. The molecule has 0 aromatic heterocycles. The summed E-state index contributed by atoms with van der Waals surface area (Å²) in [5.74, 6) is 0. The minimum atomic E-state index is -0.0408. The number of hydrogen-bond acceptors (Lipinski definition) is 3. The fraction of sp³-hybridized carbons (Fsp3) is 0.562. The summed E-state index contributed by atoms with van der Waals surface area (Å²) >= 11 is 1.61. The SMILES string of the molecule is CSc1cccc(NC(C)(C)CC(C)(C)C)c1C#N. The first kappa shape index (κ1) is 15.9. The van der Waals surface area contributed by atoms with E-state index in [4.69, 9.17) is 0 Å². The average Bonchev–Trinajstić information content (AvgIpc) is 2.24. The molecule has 0 amide bonds. The maximum absolute atomic E-state index is 9.36. The van der Waals surface area contributed by atoms with Crippen molar-refractivity contribution in [2.45, 2.75) is 51.5 Å². The molecule has 1 rings (SSSR count). The van der Waals surface area contributed by atoms with Crippen LogP contribution < -0.4 is 5.32 Å². The van der Waals surface area contributed by atoms with Crippen LogP contribution in [0.5, 0.6) is 0 Å². The van der Waals surface area contributed by atoms with Gasteiger partial charge in [0.25, 0.3) is 0 Å². The van der Waals surface area contributed by atoms with E-state index in [1.165, 1.54) is 0 Å². The summed E-state index contributed by atoms with van der Waals surface area (Å²) in [7, 11) is 0. The topological polar surface area (TPSA) is 35.8 Å².